The molecule has 3 rings (SSSR count). The van der Waals surface area contributed by atoms with Gasteiger partial charge in [0.2, 0.25) is 5.91 Å². The van der Waals surface area contributed by atoms with Crippen molar-refractivity contribution in [2.45, 2.75) is 31.6 Å². The van der Waals surface area contributed by atoms with E-state index >= 15 is 0 Å². The fourth-order valence-corrected chi connectivity index (χ4v) is 3.58. The highest BCUT2D eigenvalue weighted by molar-refractivity contribution is 5.77. The summed E-state index contributed by atoms with van der Waals surface area (Å²) in [7, 11) is 3.44. The van der Waals surface area contributed by atoms with Crippen LogP contribution in [-0.4, -0.2) is 38.1 Å². The number of fused-ring (bicyclic) bond motifs is 1. The molecule has 0 radical (unpaired) electrons. The largest absolute Gasteiger partial charge is 0.497 e. The molecule has 0 fully saturated rings. The van der Waals surface area contributed by atoms with E-state index in [4.69, 9.17) is 9.47 Å². The lowest BCUT2D eigenvalue weighted by Gasteiger charge is -2.27. The van der Waals surface area contributed by atoms with E-state index in [1.807, 2.05) is 6.07 Å². The van der Waals surface area contributed by atoms with E-state index in [0.29, 0.717) is 13.0 Å². The minimum Gasteiger partial charge on any atom is -0.497 e. The van der Waals surface area contributed by atoms with Gasteiger partial charge >= 0.3 is 0 Å². The van der Waals surface area contributed by atoms with Gasteiger partial charge in [0.15, 0.2) is 11.6 Å². The summed E-state index contributed by atoms with van der Waals surface area (Å²) in [4.78, 5) is 14.3. The molecule has 1 amide bonds. The molecule has 4 nitrogen and oxygen atoms in total. The van der Waals surface area contributed by atoms with Crippen LogP contribution in [0.15, 0.2) is 42.5 Å². The number of amides is 1. The van der Waals surface area contributed by atoms with Gasteiger partial charge < -0.3 is 14.4 Å². The number of rotatable bonds is 7. The van der Waals surface area contributed by atoms with Crippen LogP contribution in [0.2, 0.25) is 0 Å². The summed E-state index contributed by atoms with van der Waals surface area (Å²) in [5.41, 5.74) is 2.54. The van der Waals surface area contributed by atoms with Crippen molar-refractivity contribution in [3.63, 3.8) is 0 Å². The van der Waals surface area contributed by atoms with Crippen molar-refractivity contribution >= 4 is 5.91 Å². The normalized spacial score (nSPS) is 15.7. The summed E-state index contributed by atoms with van der Waals surface area (Å²) >= 11 is 0. The zero-order valence-corrected chi connectivity index (χ0v) is 15.9. The van der Waals surface area contributed by atoms with Crippen LogP contribution in [-0.2, 0) is 11.2 Å². The third-order valence-corrected chi connectivity index (χ3v) is 5.16. The van der Waals surface area contributed by atoms with E-state index < -0.39 is 0 Å². The number of nitrogens with zero attached hydrogens (tertiary/aromatic N) is 1. The molecular formula is C22H26FNO3. The number of halogens is 1. The molecule has 0 aliphatic heterocycles. The fourth-order valence-electron chi connectivity index (χ4n) is 3.58. The number of ether oxygens (including phenoxy) is 2. The SMILES string of the molecule is COc1ccc2c(c1)CCCC2CC(=O)N(C)CCOc1ccccc1F. The van der Waals surface area contributed by atoms with Gasteiger partial charge in [0.1, 0.15) is 12.4 Å². The summed E-state index contributed by atoms with van der Waals surface area (Å²) < 4.78 is 24.3. The number of hydrogen-bond acceptors (Lipinski definition) is 3. The first-order valence-electron chi connectivity index (χ1n) is 9.36. The lowest BCUT2D eigenvalue weighted by molar-refractivity contribution is -0.130. The van der Waals surface area contributed by atoms with Crippen molar-refractivity contribution < 1.29 is 18.7 Å². The maximum Gasteiger partial charge on any atom is 0.223 e. The van der Waals surface area contributed by atoms with Gasteiger partial charge in [0.05, 0.1) is 13.7 Å². The third-order valence-electron chi connectivity index (χ3n) is 5.16. The molecule has 0 saturated carbocycles. The molecule has 2 aromatic carbocycles. The fraction of sp³-hybridized carbons (Fsp3) is 0.409. The quantitative estimate of drug-likeness (QED) is 0.733. The number of carbonyl (C=O) groups excluding carboxylic acids is 1. The molecule has 0 heterocycles. The lowest BCUT2D eigenvalue weighted by atomic mass is 9.81. The molecule has 1 aliphatic carbocycles. The predicted octanol–water partition coefficient (Wildman–Crippen LogP) is 4.18. The highest BCUT2D eigenvalue weighted by atomic mass is 19.1. The second-order valence-electron chi connectivity index (χ2n) is 6.95. The molecule has 2 aromatic rings. The molecule has 1 aliphatic rings. The van der Waals surface area contributed by atoms with Gasteiger partial charge in [-0.15, -0.1) is 0 Å². The first-order valence-corrected chi connectivity index (χ1v) is 9.36. The Balaban J connectivity index is 1.54. The van der Waals surface area contributed by atoms with Gasteiger partial charge in [0, 0.05) is 13.5 Å². The number of hydrogen-bond donors (Lipinski definition) is 0. The van der Waals surface area contributed by atoms with Crippen LogP contribution in [0.4, 0.5) is 4.39 Å². The summed E-state index contributed by atoms with van der Waals surface area (Å²) in [6.45, 7) is 0.691. The van der Waals surface area contributed by atoms with Gasteiger partial charge in [-0.3, -0.25) is 4.79 Å². The van der Waals surface area contributed by atoms with Crippen molar-refractivity contribution in [1.82, 2.24) is 4.90 Å². The maximum absolute atomic E-state index is 13.6. The van der Waals surface area contributed by atoms with Gasteiger partial charge in [0.25, 0.3) is 0 Å². The molecule has 27 heavy (non-hydrogen) atoms. The maximum atomic E-state index is 13.6. The van der Waals surface area contributed by atoms with Gasteiger partial charge in [-0.25, -0.2) is 4.39 Å². The molecule has 1 atom stereocenters. The first-order chi connectivity index (χ1) is 13.1. The molecule has 0 N–H and O–H groups in total. The standard InChI is InChI=1S/C22H26FNO3/c1-24(12-13-27-21-9-4-3-8-20(21)23)22(25)15-17-7-5-6-16-14-18(26-2)10-11-19(16)17/h3-4,8-11,14,17H,5-7,12-13,15H2,1-2H3. The van der Waals surface area contributed by atoms with Crippen molar-refractivity contribution in [3.8, 4) is 11.5 Å². The zero-order chi connectivity index (χ0) is 19.2. The van der Waals surface area contributed by atoms with E-state index in [9.17, 15) is 9.18 Å². The second kappa shape index (κ2) is 8.89. The Hall–Kier alpha value is -2.56. The average Bonchev–Trinajstić information content (AvgIpc) is 2.69. The Morgan fingerprint density at radius 2 is 2.07 bits per heavy atom. The van der Waals surface area contributed by atoms with Gasteiger partial charge in [-0.2, -0.15) is 0 Å². The zero-order valence-electron chi connectivity index (χ0n) is 15.9. The van der Waals surface area contributed by atoms with Crippen LogP contribution < -0.4 is 9.47 Å². The van der Waals surface area contributed by atoms with Crippen LogP contribution in [0.1, 0.15) is 36.3 Å². The molecule has 0 spiro atoms. The Labute approximate surface area is 159 Å². The van der Waals surface area contributed by atoms with Gasteiger partial charge in [-0.05, 0) is 60.6 Å². The van der Waals surface area contributed by atoms with Crippen LogP contribution in [0.3, 0.4) is 0 Å². The molecular weight excluding hydrogens is 345 g/mol. The molecule has 0 aromatic heterocycles. The van der Waals surface area contributed by atoms with Crippen LogP contribution in [0.25, 0.3) is 0 Å². The summed E-state index contributed by atoms with van der Waals surface area (Å²) in [6.07, 6.45) is 3.61. The van der Waals surface area contributed by atoms with E-state index in [0.717, 1.165) is 25.0 Å². The smallest absolute Gasteiger partial charge is 0.223 e. The topological polar surface area (TPSA) is 38.8 Å². The Morgan fingerprint density at radius 3 is 2.85 bits per heavy atom. The predicted molar refractivity (Wildman–Crippen MR) is 103 cm³/mol. The average molecular weight is 371 g/mol. The Morgan fingerprint density at radius 1 is 1.26 bits per heavy atom. The number of likely N-dealkylation sites (N-methyl/N-ethyl adjacent to an activating group) is 1. The third kappa shape index (κ3) is 4.79. The van der Waals surface area contributed by atoms with E-state index in [2.05, 4.69) is 12.1 Å². The van der Waals surface area contributed by atoms with E-state index in [1.54, 1.807) is 37.3 Å². The number of carbonyl (C=O) groups is 1. The Kier molecular flexibility index (Phi) is 6.32. The molecule has 0 saturated heterocycles. The number of para-hydroxylation sites is 1. The van der Waals surface area contributed by atoms with Crippen LogP contribution >= 0.6 is 0 Å². The summed E-state index contributed by atoms with van der Waals surface area (Å²) in [5.74, 6) is 1.01. The van der Waals surface area contributed by atoms with Crippen molar-refractivity contribution in [1.29, 1.82) is 0 Å². The number of methoxy groups -OCH3 is 1. The van der Waals surface area contributed by atoms with Crippen molar-refractivity contribution in [2.24, 2.45) is 0 Å². The Bertz CT molecular complexity index is 793. The minimum absolute atomic E-state index is 0.0841. The highest BCUT2D eigenvalue weighted by Gasteiger charge is 2.24. The molecule has 5 heteroatoms. The number of aryl methyl sites for hydroxylation is 1. The lowest BCUT2D eigenvalue weighted by Crippen LogP contribution is -2.32. The molecule has 144 valence electrons. The minimum atomic E-state index is -0.388. The van der Waals surface area contributed by atoms with Gasteiger partial charge in [-0.1, -0.05) is 18.2 Å². The summed E-state index contributed by atoms with van der Waals surface area (Å²) in [6, 6.07) is 12.4. The van der Waals surface area contributed by atoms with E-state index in [-0.39, 0.29) is 30.0 Å². The molecule has 1 unspecified atom stereocenters. The van der Waals surface area contributed by atoms with Crippen LogP contribution in [0.5, 0.6) is 11.5 Å². The van der Waals surface area contributed by atoms with Crippen molar-refractivity contribution in [2.75, 3.05) is 27.3 Å². The molecule has 0 bridgehead atoms. The number of benzene rings is 2. The summed E-state index contributed by atoms with van der Waals surface area (Å²) in [5, 5.41) is 0. The highest BCUT2D eigenvalue weighted by Crippen LogP contribution is 2.36. The van der Waals surface area contributed by atoms with Crippen LogP contribution in [0, 0.1) is 5.82 Å². The van der Waals surface area contributed by atoms with E-state index in [1.165, 1.54) is 17.2 Å². The monoisotopic (exact) mass is 371 g/mol. The van der Waals surface area contributed by atoms with Crippen molar-refractivity contribution in [3.05, 3.63) is 59.4 Å². The first kappa shape index (κ1) is 19.2. The second-order valence-corrected chi connectivity index (χ2v) is 6.95.